The molecule has 3 atom stereocenters. The van der Waals surface area contributed by atoms with E-state index in [0.29, 0.717) is 5.92 Å². The zero-order valence-corrected chi connectivity index (χ0v) is 9.02. The van der Waals surface area contributed by atoms with E-state index in [4.69, 9.17) is 5.73 Å². The minimum Gasteiger partial charge on any atom is -0.323 e. The summed E-state index contributed by atoms with van der Waals surface area (Å²) in [6.45, 7) is 5.79. The third kappa shape index (κ3) is 2.94. The standard InChI is InChI=1S/C11H22FN/c1-8-5-4-6-9(7-8)10(12)11(2,3)13/h8-10H,4-7,13H2,1-3H3. The van der Waals surface area contributed by atoms with Crippen molar-refractivity contribution in [1.82, 2.24) is 0 Å². The van der Waals surface area contributed by atoms with Gasteiger partial charge in [-0.05, 0) is 38.5 Å². The summed E-state index contributed by atoms with van der Waals surface area (Å²) in [5, 5.41) is 0. The molecule has 1 aliphatic carbocycles. The Hall–Kier alpha value is -0.110. The highest BCUT2D eigenvalue weighted by molar-refractivity contribution is 4.89. The third-order valence-corrected chi connectivity index (χ3v) is 3.10. The van der Waals surface area contributed by atoms with Crippen LogP contribution in [0.3, 0.4) is 0 Å². The summed E-state index contributed by atoms with van der Waals surface area (Å²) in [6, 6.07) is 0. The molecule has 0 bridgehead atoms. The summed E-state index contributed by atoms with van der Waals surface area (Å²) < 4.78 is 13.8. The van der Waals surface area contributed by atoms with Gasteiger partial charge in [0.15, 0.2) is 0 Å². The first-order chi connectivity index (χ1) is 5.91. The van der Waals surface area contributed by atoms with Gasteiger partial charge in [-0.3, -0.25) is 0 Å². The molecule has 1 rings (SSSR count). The van der Waals surface area contributed by atoms with Gasteiger partial charge in [0.25, 0.3) is 0 Å². The van der Waals surface area contributed by atoms with Gasteiger partial charge >= 0.3 is 0 Å². The van der Waals surface area contributed by atoms with E-state index in [0.717, 1.165) is 12.8 Å². The Kier molecular flexibility index (Phi) is 3.33. The number of halogens is 1. The van der Waals surface area contributed by atoms with Crippen molar-refractivity contribution >= 4 is 0 Å². The van der Waals surface area contributed by atoms with Crippen molar-refractivity contribution in [1.29, 1.82) is 0 Å². The Labute approximate surface area is 80.9 Å². The Balaban J connectivity index is 2.51. The lowest BCUT2D eigenvalue weighted by Gasteiger charge is -2.35. The molecule has 78 valence electrons. The van der Waals surface area contributed by atoms with Gasteiger partial charge in [-0.25, -0.2) is 4.39 Å². The van der Waals surface area contributed by atoms with Gasteiger partial charge in [-0.2, -0.15) is 0 Å². The molecule has 1 nitrogen and oxygen atoms in total. The number of alkyl halides is 1. The van der Waals surface area contributed by atoms with Crippen molar-refractivity contribution < 1.29 is 4.39 Å². The fourth-order valence-corrected chi connectivity index (χ4v) is 2.35. The number of nitrogens with two attached hydrogens (primary N) is 1. The molecular weight excluding hydrogens is 165 g/mol. The Bertz CT molecular complexity index is 162. The molecule has 0 amide bonds. The highest BCUT2D eigenvalue weighted by Crippen LogP contribution is 2.34. The molecule has 2 heteroatoms. The van der Waals surface area contributed by atoms with Gasteiger partial charge < -0.3 is 5.73 Å². The quantitative estimate of drug-likeness (QED) is 0.706. The van der Waals surface area contributed by atoms with Gasteiger partial charge in [0.1, 0.15) is 6.17 Å². The largest absolute Gasteiger partial charge is 0.323 e. The molecule has 13 heavy (non-hydrogen) atoms. The van der Waals surface area contributed by atoms with E-state index in [1.54, 1.807) is 13.8 Å². The van der Waals surface area contributed by atoms with Crippen molar-refractivity contribution in [3.05, 3.63) is 0 Å². The van der Waals surface area contributed by atoms with E-state index >= 15 is 0 Å². The first kappa shape index (κ1) is 11.0. The van der Waals surface area contributed by atoms with E-state index in [-0.39, 0.29) is 5.92 Å². The van der Waals surface area contributed by atoms with Gasteiger partial charge in [0, 0.05) is 5.54 Å². The van der Waals surface area contributed by atoms with Crippen LogP contribution in [-0.2, 0) is 0 Å². The van der Waals surface area contributed by atoms with Crippen LogP contribution in [0.4, 0.5) is 4.39 Å². The molecule has 2 N–H and O–H groups in total. The smallest absolute Gasteiger partial charge is 0.120 e. The maximum absolute atomic E-state index is 13.8. The van der Waals surface area contributed by atoms with Crippen LogP contribution < -0.4 is 5.73 Å². The van der Waals surface area contributed by atoms with Gasteiger partial charge in [0.2, 0.25) is 0 Å². The molecular formula is C11H22FN. The van der Waals surface area contributed by atoms with Crippen molar-refractivity contribution in [3.8, 4) is 0 Å². The van der Waals surface area contributed by atoms with Crippen LogP contribution in [0.25, 0.3) is 0 Å². The van der Waals surface area contributed by atoms with E-state index < -0.39 is 11.7 Å². The number of rotatable bonds is 2. The fourth-order valence-electron chi connectivity index (χ4n) is 2.35. The lowest BCUT2D eigenvalue weighted by Crippen LogP contribution is -2.47. The zero-order chi connectivity index (χ0) is 10.1. The van der Waals surface area contributed by atoms with Gasteiger partial charge in [-0.15, -0.1) is 0 Å². The normalized spacial score (nSPS) is 33.0. The summed E-state index contributed by atoms with van der Waals surface area (Å²) in [7, 11) is 0. The van der Waals surface area contributed by atoms with Gasteiger partial charge in [0.05, 0.1) is 0 Å². The second-order valence-corrected chi connectivity index (χ2v) is 5.25. The van der Waals surface area contributed by atoms with Crippen LogP contribution in [0, 0.1) is 11.8 Å². The fraction of sp³-hybridized carbons (Fsp3) is 1.00. The molecule has 1 saturated carbocycles. The Morgan fingerprint density at radius 3 is 2.46 bits per heavy atom. The third-order valence-electron chi connectivity index (χ3n) is 3.10. The molecule has 0 heterocycles. The highest BCUT2D eigenvalue weighted by Gasteiger charge is 2.34. The van der Waals surface area contributed by atoms with Crippen molar-refractivity contribution in [2.24, 2.45) is 17.6 Å². The Morgan fingerprint density at radius 2 is 2.00 bits per heavy atom. The second kappa shape index (κ2) is 3.95. The monoisotopic (exact) mass is 187 g/mol. The van der Waals surface area contributed by atoms with Crippen molar-refractivity contribution in [2.45, 2.75) is 58.2 Å². The minimum absolute atomic E-state index is 0.198. The van der Waals surface area contributed by atoms with E-state index in [1.165, 1.54) is 12.8 Å². The predicted molar refractivity (Wildman–Crippen MR) is 54.3 cm³/mol. The van der Waals surface area contributed by atoms with E-state index in [2.05, 4.69) is 6.92 Å². The van der Waals surface area contributed by atoms with Gasteiger partial charge in [-0.1, -0.05) is 19.8 Å². The molecule has 0 aromatic rings. The van der Waals surface area contributed by atoms with E-state index in [1.807, 2.05) is 0 Å². The molecule has 0 aromatic heterocycles. The van der Waals surface area contributed by atoms with Crippen LogP contribution in [0.1, 0.15) is 46.5 Å². The van der Waals surface area contributed by atoms with Crippen LogP contribution in [0.2, 0.25) is 0 Å². The Morgan fingerprint density at radius 1 is 1.38 bits per heavy atom. The van der Waals surface area contributed by atoms with Crippen LogP contribution in [-0.4, -0.2) is 11.7 Å². The SMILES string of the molecule is CC1CCCC(C(F)C(C)(C)N)C1. The average Bonchev–Trinajstić information content (AvgIpc) is 2.01. The lowest BCUT2D eigenvalue weighted by molar-refractivity contribution is 0.0984. The molecule has 3 unspecified atom stereocenters. The van der Waals surface area contributed by atoms with Crippen LogP contribution >= 0.6 is 0 Å². The zero-order valence-electron chi connectivity index (χ0n) is 9.02. The maximum atomic E-state index is 13.8. The lowest BCUT2D eigenvalue weighted by atomic mass is 9.76. The summed E-state index contributed by atoms with van der Waals surface area (Å²) in [4.78, 5) is 0. The maximum Gasteiger partial charge on any atom is 0.120 e. The first-order valence-electron chi connectivity index (χ1n) is 5.34. The molecule has 1 aliphatic rings. The summed E-state index contributed by atoms with van der Waals surface area (Å²) in [6.07, 6.45) is 3.63. The van der Waals surface area contributed by atoms with Crippen LogP contribution in [0.5, 0.6) is 0 Å². The molecule has 0 aromatic carbocycles. The molecule has 0 spiro atoms. The molecule has 0 aliphatic heterocycles. The molecule has 0 radical (unpaired) electrons. The summed E-state index contributed by atoms with van der Waals surface area (Å²) >= 11 is 0. The summed E-state index contributed by atoms with van der Waals surface area (Å²) in [5.74, 6) is 0.878. The topological polar surface area (TPSA) is 26.0 Å². The average molecular weight is 187 g/mol. The predicted octanol–water partition coefficient (Wildman–Crippen LogP) is 2.89. The number of hydrogen-bond donors (Lipinski definition) is 1. The molecule has 0 saturated heterocycles. The van der Waals surface area contributed by atoms with Crippen molar-refractivity contribution in [2.75, 3.05) is 0 Å². The van der Waals surface area contributed by atoms with Crippen molar-refractivity contribution in [3.63, 3.8) is 0 Å². The number of hydrogen-bond acceptors (Lipinski definition) is 1. The minimum atomic E-state index is -0.838. The van der Waals surface area contributed by atoms with Crippen LogP contribution in [0.15, 0.2) is 0 Å². The summed E-state index contributed by atoms with van der Waals surface area (Å²) in [5.41, 5.74) is 5.12. The first-order valence-corrected chi connectivity index (χ1v) is 5.34. The highest BCUT2D eigenvalue weighted by atomic mass is 19.1. The van der Waals surface area contributed by atoms with E-state index in [9.17, 15) is 4.39 Å². The molecule has 1 fully saturated rings. The second-order valence-electron chi connectivity index (χ2n) is 5.25.